The summed E-state index contributed by atoms with van der Waals surface area (Å²) in [5.74, 6) is 0.348. The molecule has 0 aliphatic heterocycles. The molecule has 4 nitrogen and oxygen atoms in total. The van der Waals surface area contributed by atoms with E-state index in [1.54, 1.807) is 24.0 Å². The third kappa shape index (κ3) is 3.48. The number of carbonyl (C=O) groups excluding carboxylic acids is 1. The lowest BCUT2D eigenvalue weighted by Crippen LogP contribution is -2.39. The zero-order valence-corrected chi connectivity index (χ0v) is 11.4. The Labute approximate surface area is 104 Å². The number of nitrogens with one attached hydrogen (secondary N) is 1. The molecule has 0 saturated heterocycles. The van der Waals surface area contributed by atoms with Crippen LogP contribution in [0.5, 0.6) is 0 Å². The Kier molecular flexibility index (Phi) is 4.56. The van der Waals surface area contributed by atoms with E-state index in [-0.39, 0.29) is 11.9 Å². The first kappa shape index (κ1) is 12.5. The average Bonchev–Trinajstić information content (AvgIpc) is 2.60. The monoisotopic (exact) mass is 321 g/mol. The third-order valence-corrected chi connectivity index (χ3v) is 3.18. The van der Waals surface area contributed by atoms with Gasteiger partial charge in [0.05, 0.1) is 0 Å². The van der Waals surface area contributed by atoms with E-state index in [4.69, 9.17) is 0 Å². The first-order valence-corrected chi connectivity index (χ1v) is 6.43. The van der Waals surface area contributed by atoms with E-state index in [0.717, 1.165) is 4.43 Å². The van der Waals surface area contributed by atoms with Gasteiger partial charge in [-0.2, -0.15) is 5.10 Å². The lowest BCUT2D eigenvalue weighted by Gasteiger charge is -2.19. The number of carbonyl (C=O) groups is 1. The van der Waals surface area contributed by atoms with Crippen molar-refractivity contribution in [1.29, 1.82) is 0 Å². The van der Waals surface area contributed by atoms with Crippen molar-refractivity contribution in [2.75, 3.05) is 4.43 Å². The Morgan fingerprint density at radius 3 is 2.73 bits per heavy atom. The maximum atomic E-state index is 11.7. The van der Waals surface area contributed by atoms with Gasteiger partial charge in [0, 0.05) is 23.7 Å². The van der Waals surface area contributed by atoms with Gasteiger partial charge in [-0.3, -0.25) is 9.48 Å². The first-order chi connectivity index (χ1) is 7.04. The first-order valence-electron chi connectivity index (χ1n) is 4.91. The molecule has 1 heterocycles. The van der Waals surface area contributed by atoms with Crippen molar-refractivity contribution in [3.05, 3.63) is 18.0 Å². The minimum atomic E-state index is -0.0917. The van der Waals surface area contributed by atoms with Gasteiger partial charge in [0.1, 0.15) is 5.69 Å². The van der Waals surface area contributed by atoms with Crippen LogP contribution in [0, 0.1) is 5.92 Å². The summed E-state index contributed by atoms with van der Waals surface area (Å²) in [6, 6.07) is 1.93. The van der Waals surface area contributed by atoms with Gasteiger partial charge in [0.25, 0.3) is 5.91 Å². The number of nitrogens with zero attached hydrogens (tertiary/aromatic N) is 2. The van der Waals surface area contributed by atoms with Crippen molar-refractivity contribution in [3.8, 4) is 0 Å². The van der Waals surface area contributed by atoms with Crippen molar-refractivity contribution in [3.63, 3.8) is 0 Å². The molecule has 0 spiro atoms. The molecule has 1 unspecified atom stereocenters. The van der Waals surface area contributed by atoms with Crippen LogP contribution in [0.15, 0.2) is 12.3 Å². The Morgan fingerprint density at radius 2 is 2.33 bits per heavy atom. The van der Waals surface area contributed by atoms with Gasteiger partial charge in [-0.05, 0) is 12.0 Å². The quantitative estimate of drug-likeness (QED) is 0.676. The highest BCUT2D eigenvalue weighted by atomic mass is 127. The number of aromatic nitrogens is 2. The van der Waals surface area contributed by atoms with Crippen LogP contribution in [0.4, 0.5) is 0 Å². The van der Waals surface area contributed by atoms with Crippen molar-refractivity contribution in [2.45, 2.75) is 19.9 Å². The molecular weight excluding hydrogens is 305 g/mol. The molecule has 5 heteroatoms. The zero-order chi connectivity index (χ0) is 11.4. The van der Waals surface area contributed by atoms with Crippen LogP contribution in [0.25, 0.3) is 0 Å². The normalized spacial score (nSPS) is 12.9. The van der Waals surface area contributed by atoms with Gasteiger partial charge in [-0.15, -0.1) is 0 Å². The average molecular weight is 321 g/mol. The fraction of sp³-hybridized carbons (Fsp3) is 0.600. The molecule has 84 valence electrons. The maximum absolute atomic E-state index is 11.7. The van der Waals surface area contributed by atoms with Crippen molar-refractivity contribution in [1.82, 2.24) is 15.1 Å². The molecular formula is C10H16IN3O. The second-order valence-corrected chi connectivity index (χ2v) is 4.73. The molecule has 1 atom stereocenters. The van der Waals surface area contributed by atoms with Gasteiger partial charge in [-0.25, -0.2) is 0 Å². The van der Waals surface area contributed by atoms with E-state index >= 15 is 0 Å². The largest absolute Gasteiger partial charge is 0.347 e. The standard InChI is InChI=1S/C10H16IN3O/c1-7(2)9(6-11)12-10(15)8-4-5-14(3)13-8/h4-5,7,9H,6H2,1-3H3,(H,12,15). The number of hydrogen-bond acceptors (Lipinski definition) is 2. The summed E-state index contributed by atoms with van der Waals surface area (Å²) in [6.45, 7) is 4.20. The van der Waals surface area contributed by atoms with Crippen LogP contribution in [-0.2, 0) is 7.05 Å². The minimum Gasteiger partial charge on any atom is -0.347 e. The second-order valence-electron chi connectivity index (χ2n) is 3.85. The topological polar surface area (TPSA) is 46.9 Å². The van der Waals surface area contributed by atoms with Gasteiger partial charge < -0.3 is 5.32 Å². The fourth-order valence-electron chi connectivity index (χ4n) is 1.16. The summed E-state index contributed by atoms with van der Waals surface area (Å²) in [5, 5.41) is 7.03. The minimum absolute atomic E-state index is 0.0917. The summed E-state index contributed by atoms with van der Waals surface area (Å²) >= 11 is 2.28. The highest BCUT2D eigenvalue weighted by molar-refractivity contribution is 14.1. The predicted molar refractivity (Wildman–Crippen MR) is 68.2 cm³/mol. The fourth-order valence-corrected chi connectivity index (χ4v) is 2.40. The van der Waals surface area contributed by atoms with Crippen LogP contribution < -0.4 is 5.32 Å². The highest BCUT2D eigenvalue weighted by Gasteiger charge is 2.17. The lowest BCUT2D eigenvalue weighted by atomic mass is 10.1. The predicted octanol–water partition coefficient (Wildman–Crippen LogP) is 1.61. The van der Waals surface area contributed by atoms with E-state index in [1.807, 2.05) is 0 Å². The number of alkyl halides is 1. The van der Waals surface area contributed by atoms with E-state index in [0.29, 0.717) is 11.6 Å². The number of halogens is 1. The van der Waals surface area contributed by atoms with Crippen LogP contribution in [-0.4, -0.2) is 26.2 Å². The van der Waals surface area contributed by atoms with Crippen LogP contribution in [0.2, 0.25) is 0 Å². The molecule has 0 aliphatic carbocycles. The number of hydrogen-bond donors (Lipinski definition) is 1. The summed E-state index contributed by atoms with van der Waals surface area (Å²) in [5.41, 5.74) is 0.480. The molecule has 1 aromatic rings. The lowest BCUT2D eigenvalue weighted by molar-refractivity contribution is 0.0926. The van der Waals surface area contributed by atoms with E-state index < -0.39 is 0 Å². The molecule has 0 aliphatic rings. The SMILES string of the molecule is CC(C)C(CI)NC(=O)c1ccn(C)n1. The molecule has 1 rings (SSSR count). The smallest absolute Gasteiger partial charge is 0.272 e. The highest BCUT2D eigenvalue weighted by Crippen LogP contribution is 2.06. The van der Waals surface area contributed by atoms with Crippen LogP contribution >= 0.6 is 22.6 Å². The van der Waals surface area contributed by atoms with Crippen LogP contribution in [0.3, 0.4) is 0 Å². The number of rotatable bonds is 4. The molecule has 1 aromatic heterocycles. The molecule has 1 amide bonds. The Balaban J connectivity index is 2.62. The van der Waals surface area contributed by atoms with Gasteiger partial charge in [-0.1, -0.05) is 36.4 Å². The van der Waals surface area contributed by atoms with E-state index in [2.05, 4.69) is 46.9 Å². The second kappa shape index (κ2) is 5.48. The zero-order valence-electron chi connectivity index (χ0n) is 9.20. The molecule has 0 fully saturated rings. The molecule has 1 N–H and O–H groups in total. The number of aryl methyl sites for hydroxylation is 1. The van der Waals surface area contributed by atoms with Crippen molar-refractivity contribution in [2.24, 2.45) is 13.0 Å². The summed E-state index contributed by atoms with van der Waals surface area (Å²) in [6.07, 6.45) is 1.77. The van der Waals surface area contributed by atoms with E-state index in [1.165, 1.54) is 0 Å². The third-order valence-electron chi connectivity index (χ3n) is 2.23. The molecule has 15 heavy (non-hydrogen) atoms. The van der Waals surface area contributed by atoms with Crippen LogP contribution in [0.1, 0.15) is 24.3 Å². The van der Waals surface area contributed by atoms with Gasteiger partial charge in [0.15, 0.2) is 0 Å². The summed E-state index contributed by atoms with van der Waals surface area (Å²) in [7, 11) is 1.80. The van der Waals surface area contributed by atoms with Crippen molar-refractivity contribution < 1.29 is 4.79 Å². The Hall–Kier alpha value is -0.590. The summed E-state index contributed by atoms with van der Waals surface area (Å²) < 4.78 is 2.54. The Morgan fingerprint density at radius 1 is 1.67 bits per heavy atom. The summed E-state index contributed by atoms with van der Waals surface area (Å²) in [4.78, 5) is 11.7. The Bertz CT molecular complexity index is 335. The van der Waals surface area contributed by atoms with Gasteiger partial charge in [0.2, 0.25) is 0 Å². The van der Waals surface area contributed by atoms with Crippen molar-refractivity contribution >= 4 is 28.5 Å². The molecule has 0 saturated carbocycles. The maximum Gasteiger partial charge on any atom is 0.272 e. The number of amides is 1. The molecule has 0 radical (unpaired) electrons. The molecule has 0 aromatic carbocycles. The van der Waals surface area contributed by atoms with Gasteiger partial charge >= 0.3 is 0 Å². The van der Waals surface area contributed by atoms with E-state index in [9.17, 15) is 4.79 Å². The molecule has 0 bridgehead atoms.